The first-order chi connectivity index (χ1) is 14.0. The van der Waals surface area contributed by atoms with Crippen LogP contribution in [0, 0.1) is 5.92 Å². The van der Waals surface area contributed by atoms with Crippen molar-refractivity contribution >= 4 is 17.2 Å². The Balaban J connectivity index is 1.91. The van der Waals surface area contributed by atoms with Crippen molar-refractivity contribution in [3.8, 4) is 28.6 Å². The van der Waals surface area contributed by atoms with Crippen LogP contribution in [0.4, 0.5) is 0 Å². The van der Waals surface area contributed by atoms with Gasteiger partial charge in [-0.15, -0.1) is 11.3 Å². The normalized spacial score (nSPS) is 11.9. The maximum Gasteiger partial charge on any atom is 0.262 e. The van der Waals surface area contributed by atoms with Crippen LogP contribution in [0.5, 0.6) is 17.2 Å². The van der Waals surface area contributed by atoms with E-state index in [9.17, 15) is 4.79 Å². The fourth-order valence-electron chi connectivity index (χ4n) is 2.82. The summed E-state index contributed by atoms with van der Waals surface area (Å²) in [7, 11) is 4.62. The van der Waals surface area contributed by atoms with Crippen LogP contribution in [0.1, 0.15) is 35.5 Å². The van der Waals surface area contributed by atoms with Crippen molar-refractivity contribution in [3.63, 3.8) is 0 Å². The third-order valence-electron chi connectivity index (χ3n) is 4.33. The second kappa shape index (κ2) is 8.95. The molecule has 8 nitrogen and oxygen atoms in total. The lowest BCUT2D eigenvalue weighted by Crippen LogP contribution is -2.31. The van der Waals surface area contributed by atoms with Crippen LogP contribution in [0.3, 0.4) is 0 Å². The van der Waals surface area contributed by atoms with Gasteiger partial charge in [0.15, 0.2) is 11.5 Å². The van der Waals surface area contributed by atoms with Gasteiger partial charge in [0.1, 0.15) is 6.04 Å². The van der Waals surface area contributed by atoms with Gasteiger partial charge >= 0.3 is 0 Å². The summed E-state index contributed by atoms with van der Waals surface area (Å²) < 4.78 is 21.6. The van der Waals surface area contributed by atoms with Crippen molar-refractivity contribution < 1.29 is 23.5 Å². The van der Waals surface area contributed by atoms with Gasteiger partial charge in [0.2, 0.25) is 17.5 Å². The van der Waals surface area contributed by atoms with Gasteiger partial charge < -0.3 is 24.1 Å². The molecular formula is C20H23N3O5S. The molecule has 0 saturated heterocycles. The number of ether oxygens (including phenoxy) is 3. The quantitative estimate of drug-likeness (QED) is 0.593. The first-order valence-corrected chi connectivity index (χ1v) is 9.84. The van der Waals surface area contributed by atoms with Crippen molar-refractivity contribution in [2.24, 2.45) is 5.92 Å². The number of thiophene rings is 1. The molecular weight excluding hydrogens is 394 g/mol. The minimum Gasteiger partial charge on any atom is -0.493 e. The van der Waals surface area contributed by atoms with E-state index in [1.54, 1.807) is 18.2 Å². The molecule has 0 aliphatic carbocycles. The van der Waals surface area contributed by atoms with Gasteiger partial charge in [0, 0.05) is 5.56 Å². The number of nitrogens with one attached hydrogen (secondary N) is 1. The van der Waals surface area contributed by atoms with Crippen LogP contribution in [-0.2, 0) is 0 Å². The SMILES string of the molecule is COc1cc(-c2noc([C@@H](NC(=O)c3cccs3)C(C)C)n2)cc(OC)c1OC. The molecule has 0 unspecified atom stereocenters. The highest BCUT2D eigenvalue weighted by Crippen LogP contribution is 2.40. The van der Waals surface area contributed by atoms with Crippen LogP contribution in [0.15, 0.2) is 34.2 Å². The lowest BCUT2D eigenvalue weighted by atomic mass is 10.0. The molecule has 1 atom stereocenters. The smallest absolute Gasteiger partial charge is 0.262 e. The van der Waals surface area contributed by atoms with E-state index >= 15 is 0 Å². The number of nitrogens with zero attached hydrogens (tertiary/aromatic N) is 2. The molecule has 3 aromatic rings. The fourth-order valence-corrected chi connectivity index (χ4v) is 3.45. The number of amides is 1. The van der Waals surface area contributed by atoms with Gasteiger partial charge in [-0.3, -0.25) is 4.79 Å². The molecule has 0 radical (unpaired) electrons. The summed E-state index contributed by atoms with van der Waals surface area (Å²) in [5.74, 6) is 2.01. The van der Waals surface area contributed by atoms with Crippen LogP contribution in [0.25, 0.3) is 11.4 Å². The summed E-state index contributed by atoms with van der Waals surface area (Å²) in [5, 5.41) is 8.90. The summed E-state index contributed by atoms with van der Waals surface area (Å²) in [5.41, 5.74) is 0.640. The van der Waals surface area contributed by atoms with E-state index in [0.29, 0.717) is 39.4 Å². The predicted octanol–water partition coefficient (Wildman–Crippen LogP) is 3.95. The average molecular weight is 417 g/mol. The maximum atomic E-state index is 12.5. The number of carbonyl (C=O) groups excluding carboxylic acids is 1. The molecule has 0 bridgehead atoms. The number of methoxy groups -OCH3 is 3. The molecule has 0 spiro atoms. The molecule has 154 valence electrons. The van der Waals surface area contributed by atoms with Gasteiger partial charge in [-0.05, 0) is 29.5 Å². The zero-order chi connectivity index (χ0) is 21.0. The lowest BCUT2D eigenvalue weighted by molar-refractivity contribution is 0.0918. The molecule has 1 N–H and O–H groups in total. The monoisotopic (exact) mass is 417 g/mol. The largest absolute Gasteiger partial charge is 0.493 e. The topological polar surface area (TPSA) is 95.7 Å². The standard InChI is InChI=1S/C20H23N3O5S/c1-11(2)16(21-19(24)15-7-6-8-29-15)20-22-18(23-28-20)12-9-13(25-3)17(27-5)14(10-12)26-4/h6-11,16H,1-5H3,(H,21,24)/t16-/m0/s1. The Morgan fingerprint density at radius 2 is 1.83 bits per heavy atom. The number of hydrogen-bond acceptors (Lipinski definition) is 8. The van der Waals surface area contributed by atoms with E-state index < -0.39 is 6.04 Å². The highest BCUT2D eigenvalue weighted by atomic mass is 32.1. The highest BCUT2D eigenvalue weighted by Gasteiger charge is 2.26. The van der Waals surface area contributed by atoms with Gasteiger partial charge in [0.05, 0.1) is 26.2 Å². The second-order valence-electron chi connectivity index (χ2n) is 6.54. The van der Waals surface area contributed by atoms with Gasteiger partial charge in [0.25, 0.3) is 5.91 Å². The maximum absolute atomic E-state index is 12.5. The predicted molar refractivity (Wildman–Crippen MR) is 109 cm³/mol. The molecule has 2 heterocycles. The Morgan fingerprint density at radius 3 is 2.34 bits per heavy atom. The first-order valence-electron chi connectivity index (χ1n) is 8.96. The summed E-state index contributed by atoms with van der Waals surface area (Å²) >= 11 is 1.38. The molecule has 0 aliphatic rings. The van der Waals surface area contributed by atoms with Crippen molar-refractivity contribution in [1.82, 2.24) is 15.5 Å². The van der Waals surface area contributed by atoms with E-state index in [1.807, 2.05) is 25.3 Å². The Labute approximate surface area is 172 Å². The van der Waals surface area contributed by atoms with Gasteiger partial charge in [-0.2, -0.15) is 4.98 Å². The number of carbonyl (C=O) groups is 1. The Morgan fingerprint density at radius 1 is 1.14 bits per heavy atom. The van der Waals surface area contributed by atoms with Crippen LogP contribution in [0.2, 0.25) is 0 Å². The van der Waals surface area contributed by atoms with E-state index in [-0.39, 0.29) is 11.8 Å². The third kappa shape index (κ3) is 4.34. The van der Waals surface area contributed by atoms with Crippen LogP contribution in [-0.4, -0.2) is 37.4 Å². The van der Waals surface area contributed by atoms with Crippen molar-refractivity contribution in [3.05, 3.63) is 40.4 Å². The summed E-state index contributed by atoms with van der Waals surface area (Å²) in [6.45, 7) is 3.95. The zero-order valence-electron chi connectivity index (χ0n) is 16.9. The summed E-state index contributed by atoms with van der Waals surface area (Å²) in [6.07, 6.45) is 0. The van der Waals surface area contributed by atoms with Crippen LogP contribution >= 0.6 is 11.3 Å². The number of hydrogen-bond donors (Lipinski definition) is 1. The first kappa shape index (κ1) is 20.7. The van der Waals surface area contributed by atoms with E-state index in [0.717, 1.165) is 0 Å². The molecule has 1 aromatic carbocycles. The zero-order valence-corrected chi connectivity index (χ0v) is 17.7. The van der Waals surface area contributed by atoms with E-state index in [2.05, 4.69) is 15.5 Å². The molecule has 3 rings (SSSR count). The van der Waals surface area contributed by atoms with E-state index in [1.165, 1.54) is 32.7 Å². The molecule has 29 heavy (non-hydrogen) atoms. The third-order valence-corrected chi connectivity index (χ3v) is 5.20. The summed E-state index contributed by atoms with van der Waals surface area (Å²) in [4.78, 5) is 17.6. The van der Waals surface area contributed by atoms with Gasteiger partial charge in [-0.25, -0.2) is 0 Å². The Kier molecular flexibility index (Phi) is 6.38. The summed E-state index contributed by atoms with van der Waals surface area (Å²) in [6, 6.07) is 6.66. The average Bonchev–Trinajstić information content (AvgIpc) is 3.42. The lowest BCUT2D eigenvalue weighted by Gasteiger charge is -2.18. The minimum absolute atomic E-state index is 0.0483. The van der Waals surface area contributed by atoms with E-state index in [4.69, 9.17) is 18.7 Å². The number of rotatable bonds is 8. The fraction of sp³-hybridized carbons (Fsp3) is 0.350. The molecule has 0 fully saturated rings. The molecule has 0 aliphatic heterocycles. The molecule has 0 saturated carbocycles. The van der Waals surface area contributed by atoms with Crippen molar-refractivity contribution in [1.29, 1.82) is 0 Å². The number of aromatic nitrogens is 2. The van der Waals surface area contributed by atoms with Crippen molar-refractivity contribution in [2.75, 3.05) is 21.3 Å². The Hall–Kier alpha value is -3.07. The highest BCUT2D eigenvalue weighted by molar-refractivity contribution is 7.12. The van der Waals surface area contributed by atoms with Gasteiger partial charge in [-0.1, -0.05) is 25.1 Å². The number of benzene rings is 1. The molecule has 9 heteroatoms. The second-order valence-corrected chi connectivity index (χ2v) is 7.49. The minimum atomic E-state index is -0.423. The molecule has 1 amide bonds. The molecule has 2 aromatic heterocycles. The Bertz CT molecular complexity index is 943. The van der Waals surface area contributed by atoms with Crippen molar-refractivity contribution in [2.45, 2.75) is 19.9 Å². The van der Waals surface area contributed by atoms with Crippen LogP contribution < -0.4 is 19.5 Å².